The highest BCUT2D eigenvalue weighted by Crippen LogP contribution is 2.38. The maximum atomic E-state index is 14.1. The second-order valence-electron chi connectivity index (χ2n) is 16.6. The molecule has 2 aliphatic heterocycles. The highest BCUT2D eigenvalue weighted by atomic mass is 16.5. The maximum absolute atomic E-state index is 14.1. The van der Waals surface area contributed by atoms with Crippen molar-refractivity contribution in [3.8, 4) is 45.5 Å². The Hall–Kier alpha value is -7.67. The van der Waals surface area contributed by atoms with E-state index >= 15 is 0 Å². The van der Waals surface area contributed by atoms with Crippen LogP contribution in [-0.4, -0.2) is 94.2 Å². The number of benzene rings is 4. The standard InChI is InChI=1S/C49H51N9O7/c1-28(2)42(55-48(61)64-4)46(59)58-27-29(24-50)21-40(58)45-52-26-38(54-45)35-19-18-33-22-32(16-17-34(33)23-35)30-12-14-31(15-13-30)37-25-51-44(53-37)39-10-8-20-57(39)47(60)43(56-49(62)65-5)36-9-6-7-11-41(36)63-3/h6-7,9,11-19,22-23,25-26,28-29,39-40,42-43H,8,10,20-21,27H2,1-5H3,(H,51,53)(H,52,54)(H,55,61)(H,56,62)/t29-,39+,40+,42+,43-/m1/s1. The third kappa shape index (κ3) is 9.08. The Labute approximate surface area is 376 Å². The first-order chi connectivity index (χ1) is 31.5. The molecule has 16 heteroatoms. The fourth-order valence-electron chi connectivity index (χ4n) is 8.89. The second kappa shape index (κ2) is 19.0. The molecule has 334 valence electrons. The van der Waals surface area contributed by atoms with Crippen LogP contribution >= 0.6 is 0 Å². The van der Waals surface area contributed by atoms with Gasteiger partial charge in [-0.25, -0.2) is 19.6 Å². The molecule has 0 spiro atoms. The van der Waals surface area contributed by atoms with Gasteiger partial charge in [0.1, 0.15) is 29.5 Å². The molecule has 0 saturated carbocycles. The molecule has 0 unspecified atom stereocenters. The number of amides is 4. The van der Waals surface area contributed by atoms with Crippen molar-refractivity contribution < 1.29 is 33.4 Å². The van der Waals surface area contributed by atoms with Gasteiger partial charge in [-0.2, -0.15) is 5.26 Å². The predicted molar refractivity (Wildman–Crippen MR) is 242 cm³/mol. The number of H-pyrrole nitrogens is 2. The number of imidazole rings is 2. The van der Waals surface area contributed by atoms with Crippen LogP contribution in [0.25, 0.3) is 44.4 Å². The molecule has 2 aromatic heterocycles. The largest absolute Gasteiger partial charge is 0.496 e. The molecule has 5 atom stereocenters. The van der Waals surface area contributed by atoms with Gasteiger partial charge in [0.25, 0.3) is 5.91 Å². The van der Waals surface area contributed by atoms with Crippen molar-refractivity contribution in [3.63, 3.8) is 0 Å². The zero-order valence-corrected chi connectivity index (χ0v) is 36.8. The molecule has 8 rings (SSSR count). The van der Waals surface area contributed by atoms with E-state index in [-0.39, 0.29) is 36.2 Å². The Balaban J connectivity index is 0.958. The number of aromatic amines is 2. The molecule has 2 saturated heterocycles. The van der Waals surface area contributed by atoms with Gasteiger partial charge in [-0.1, -0.05) is 80.6 Å². The molecular formula is C49H51N9O7. The number of aromatic nitrogens is 4. The number of carbonyl (C=O) groups excluding carboxylic acids is 4. The zero-order chi connectivity index (χ0) is 45.8. The molecule has 2 aliphatic rings. The first kappa shape index (κ1) is 44.0. The normalized spacial score (nSPS) is 18.0. The lowest BCUT2D eigenvalue weighted by molar-refractivity contribution is -0.136. The predicted octanol–water partition coefficient (Wildman–Crippen LogP) is 7.85. The smallest absolute Gasteiger partial charge is 0.407 e. The molecule has 6 aromatic rings. The molecule has 4 aromatic carbocycles. The van der Waals surface area contributed by atoms with E-state index in [1.807, 2.05) is 32.0 Å². The summed E-state index contributed by atoms with van der Waals surface area (Å²) in [5.74, 6) is 0.587. The van der Waals surface area contributed by atoms with Crippen LogP contribution in [0.3, 0.4) is 0 Å². The van der Waals surface area contributed by atoms with E-state index in [0.29, 0.717) is 42.3 Å². The number of methoxy groups -OCH3 is 3. The van der Waals surface area contributed by atoms with Crippen LogP contribution in [-0.2, 0) is 19.1 Å². The van der Waals surface area contributed by atoms with Gasteiger partial charge in [0.2, 0.25) is 5.91 Å². The second-order valence-corrected chi connectivity index (χ2v) is 16.6. The minimum Gasteiger partial charge on any atom is -0.496 e. The van der Waals surface area contributed by atoms with E-state index in [0.717, 1.165) is 50.8 Å². The number of nitriles is 1. The van der Waals surface area contributed by atoms with E-state index in [1.165, 1.54) is 21.3 Å². The summed E-state index contributed by atoms with van der Waals surface area (Å²) in [6, 6.07) is 27.6. The molecule has 4 amide bonds. The lowest BCUT2D eigenvalue weighted by Crippen LogP contribution is -2.51. The molecular weight excluding hydrogens is 827 g/mol. The number of nitrogens with one attached hydrogen (secondary N) is 4. The van der Waals surface area contributed by atoms with Crippen LogP contribution in [0.15, 0.2) is 97.3 Å². The summed E-state index contributed by atoms with van der Waals surface area (Å²) in [4.78, 5) is 72.0. The zero-order valence-electron chi connectivity index (χ0n) is 36.8. The lowest BCUT2D eigenvalue weighted by Gasteiger charge is -2.29. The topological polar surface area (TPSA) is 208 Å². The Morgan fingerprint density at radius 3 is 2.00 bits per heavy atom. The van der Waals surface area contributed by atoms with Gasteiger partial charge in [0.15, 0.2) is 0 Å². The Morgan fingerprint density at radius 2 is 1.34 bits per heavy atom. The quantitative estimate of drug-likeness (QED) is 0.0936. The van der Waals surface area contributed by atoms with Crippen LogP contribution in [0.4, 0.5) is 9.59 Å². The van der Waals surface area contributed by atoms with Crippen molar-refractivity contribution in [2.24, 2.45) is 11.8 Å². The lowest BCUT2D eigenvalue weighted by atomic mass is 9.98. The number of alkyl carbamates (subject to hydrolysis) is 2. The third-order valence-electron chi connectivity index (χ3n) is 12.3. The van der Waals surface area contributed by atoms with Crippen LogP contribution < -0.4 is 15.4 Å². The number of hydrogen-bond donors (Lipinski definition) is 4. The average molecular weight is 878 g/mol. The Kier molecular flexibility index (Phi) is 12.8. The van der Waals surface area contributed by atoms with Gasteiger partial charge in [0.05, 0.1) is 69.2 Å². The monoisotopic (exact) mass is 877 g/mol. The van der Waals surface area contributed by atoms with E-state index in [9.17, 15) is 24.4 Å². The van der Waals surface area contributed by atoms with Crippen LogP contribution in [0.2, 0.25) is 0 Å². The molecule has 0 radical (unpaired) electrons. The number of likely N-dealkylation sites (tertiary alicyclic amines) is 2. The molecule has 0 aliphatic carbocycles. The Bertz CT molecular complexity index is 2760. The highest BCUT2D eigenvalue weighted by Gasteiger charge is 2.42. The van der Waals surface area contributed by atoms with Gasteiger partial charge in [-0.15, -0.1) is 0 Å². The minimum absolute atomic E-state index is 0.203. The number of para-hydroxylation sites is 1. The van der Waals surface area contributed by atoms with E-state index in [1.54, 1.807) is 46.5 Å². The SMILES string of the molecule is COC(=O)N[C@H](C(=O)N1C[C@@H](C#N)C[C@H]1c1ncc(-c2ccc3cc(-c4ccc(-c5cnc([C@@H]6CCCN6C(=O)[C@H](NC(=O)OC)c6ccccc6OC)[nH]5)cc4)ccc3c2)[nH]1)C(C)C. The first-order valence-corrected chi connectivity index (χ1v) is 21.6. The fraction of sp³-hybridized carbons (Fsp3) is 0.327. The van der Waals surface area contributed by atoms with Gasteiger partial charge in [-0.05, 0) is 70.8 Å². The fourth-order valence-corrected chi connectivity index (χ4v) is 8.89. The van der Waals surface area contributed by atoms with Crippen LogP contribution in [0.1, 0.15) is 68.4 Å². The van der Waals surface area contributed by atoms with Crippen molar-refractivity contribution >= 4 is 34.8 Å². The van der Waals surface area contributed by atoms with Gasteiger partial charge >= 0.3 is 12.2 Å². The molecule has 2 fully saturated rings. The number of nitrogens with zero attached hydrogens (tertiary/aromatic N) is 5. The third-order valence-corrected chi connectivity index (χ3v) is 12.3. The van der Waals surface area contributed by atoms with Crippen LogP contribution in [0, 0.1) is 23.2 Å². The van der Waals surface area contributed by atoms with E-state index < -0.39 is 30.3 Å². The molecule has 4 N–H and O–H groups in total. The van der Waals surface area contributed by atoms with E-state index in [2.05, 4.69) is 74.1 Å². The van der Waals surface area contributed by atoms with E-state index in [4.69, 9.17) is 19.2 Å². The number of hydrogen-bond acceptors (Lipinski definition) is 10. The summed E-state index contributed by atoms with van der Waals surface area (Å²) in [6.07, 6.45) is 4.04. The number of fused-ring (bicyclic) bond motifs is 1. The van der Waals surface area contributed by atoms with Crippen LogP contribution in [0.5, 0.6) is 5.75 Å². The van der Waals surface area contributed by atoms with Gasteiger partial charge in [-0.3, -0.25) is 9.59 Å². The summed E-state index contributed by atoms with van der Waals surface area (Å²) in [6.45, 7) is 4.44. The average Bonchev–Trinajstić information content (AvgIpc) is 4.19. The Morgan fingerprint density at radius 1 is 0.738 bits per heavy atom. The van der Waals surface area contributed by atoms with Gasteiger partial charge in [0, 0.05) is 24.2 Å². The summed E-state index contributed by atoms with van der Waals surface area (Å²) in [7, 11) is 4.04. The number of ether oxygens (including phenoxy) is 3. The van der Waals surface area contributed by atoms with Crippen molar-refractivity contribution in [2.45, 2.75) is 57.3 Å². The maximum Gasteiger partial charge on any atom is 0.407 e. The van der Waals surface area contributed by atoms with Crippen molar-refractivity contribution in [1.82, 2.24) is 40.4 Å². The minimum atomic E-state index is -1.01. The molecule has 65 heavy (non-hydrogen) atoms. The first-order valence-electron chi connectivity index (χ1n) is 21.6. The number of carbonyl (C=O) groups is 4. The molecule has 0 bridgehead atoms. The number of rotatable bonds is 12. The highest BCUT2D eigenvalue weighted by molar-refractivity contribution is 5.91. The molecule has 16 nitrogen and oxygen atoms in total. The summed E-state index contributed by atoms with van der Waals surface area (Å²) in [5.41, 5.74) is 6.09. The van der Waals surface area contributed by atoms with Crippen molar-refractivity contribution in [3.05, 3.63) is 115 Å². The summed E-state index contributed by atoms with van der Waals surface area (Å²) < 4.78 is 15.2. The summed E-state index contributed by atoms with van der Waals surface area (Å²) in [5, 5.41) is 17.2. The van der Waals surface area contributed by atoms with Crippen molar-refractivity contribution in [1.29, 1.82) is 5.26 Å². The van der Waals surface area contributed by atoms with Gasteiger partial charge < -0.3 is 44.6 Å². The van der Waals surface area contributed by atoms with Crippen molar-refractivity contribution in [2.75, 3.05) is 34.4 Å². The molecule has 4 heterocycles. The summed E-state index contributed by atoms with van der Waals surface area (Å²) >= 11 is 0.